The first kappa shape index (κ1) is 26.2. The molecule has 0 radical (unpaired) electrons. The van der Waals surface area contributed by atoms with Crippen LogP contribution in [0, 0.1) is 0 Å². The van der Waals surface area contributed by atoms with Gasteiger partial charge in [0.2, 0.25) is 5.91 Å². The van der Waals surface area contributed by atoms with E-state index in [9.17, 15) is 9.59 Å². The van der Waals surface area contributed by atoms with E-state index in [1.807, 2.05) is 29.8 Å². The highest BCUT2D eigenvalue weighted by molar-refractivity contribution is 7.13. The summed E-state index contributed by atoms with van der Waals surface area (Å²) in [4.78, 5) is 37.9. The van der Waals surface area contributed by atoms with Gasteiger partial charge in [0, 0.05) is 31.4 Å². The molecule has 0 saturated heterocycles. The quantitative estimate of drug-likeness (QED) is 0.278. The number of amides is 2. The Hall–Kier alpha value is -3.83. The molecule has 0 aliphatic carbocycles. The summed E-state index contributed by atoms with van der Waals surface area (Å²) in [5, 5.41) is 15.1. The van der Waals surface area contributed by atoms with E-state index < -0.39 is 0 Å². The van der Waals surface area contributed by atoms with Gasteiger partial charge in [-0.05, 0) is 49.7 Å². The number of anilines is 1. The largest absolute Gasteiger partial charge is 0.361 e. The second kappa shape index (κ2) is 11.9. The molecule has 1 unspecified atom stereocenters. The second-order valence-corrected chi connectivity index (χ2v) is 9.50. The maximum atomic E-state index is 13.2. The van der Waals surface area contributed by atoms with E-state index >= 15 is 0 Å². The molecule has 37 heavy (non-hydrogen) atoms. The minimum Gasteiger partial charge on any atom is -0.361 e. The predicted molar refractivity (Wildman–Crippen MR) is 147 cm³/mol. The van der Waals surface area contributed by atoms with Gasteiger partial charge in [0.1, 0.15) is 5.82 Å². The van der Waals surface area contributed by atoms with Gasteiger partial charge in [0.15, 0.2) is 5.65 Å². The second-order valence-electron chi connectivity index (χ2n) is 8.55. The van der Waals surface area contributed by atoms with Crippen molar-refractivity contribution in [1.29, 1.82) is 0 Å². The van der Waals surface area contributed by atoms with Crippen LogP contribution in [0.3, 0.4) is 0 Å². The van der Waals surface area contributed by atoms with E-state index in [0.717, 1.165) is 23.7 Å². The molecule has 0 aromatic carbocycles. The first-order chi connectivity index (χ1) is 17.9. The van der Waals surface area contributed by atoms with Crippen LogP contribution in [0.1, 0.15) is 31.1 Å². The lowest BCUT2D eigenvalue weighted by atomic mass is 10.1. The number of fused-ring (bicyclic) bond motifs is 1. The highest BCUT2D eigenvalue weighted by Crippen LogP contribution is 2.28. The van der Waals surface area contributed by atoms with Crippen molar-refractivity contribution in [2.75, 3.05) is 38.5 Å². The molecule has 2 amide bonds. The monoisotopic (exact) mass is 520 g/mol. The fourth-order valence-corrected chi connectivity index (χ4v) is 4.77. The topological polar surface area (TPSA) is 117 Å². The molecular weight excluding hydrogens is 488 g/mol. The van der Waals surface area contributed by atoms with Crippen LogP contribution in [0.4, 0.5) is 5.82 Å². The summed E-state index contributed by atoms with van der Waals surface area (Å²) >= 11 is 1.61. The molecular formula is C26H32N8O2S. The summed E-state index contributed by atoms with van der Waals surface area (Å²) in [5.74, 6) is 0.00986. The maximum absolute atomic E-state index is 13.2. The third kappa shape index (κ3) is 6.12. The molecule has 4 aromatic heterocycles. The molecule has 1 atom stereocenters. The molecule has 0 fully saturated rings. The Labute approximate surface area is 220 Å². The van der Waals surface area contributed by atoms with Crippen LogP contribution in [0.2, 0.25) is 0 Å². The molecule has 4 rings (SSSR count). The van der Waals surface area contributed by atoms with Crippen LogP contribution in [0.15, 0.2) is 48.1 Å². The van der Waals surface area contributed by atoms with Crippen molar-refractivity contribution in [3.05, 3.63) is 53.7 Å². The van der Waals surface area contributed by atoms with Crippen LogP contribution >= 0.6 is 11.3 Å². The molecule has 4 aromatic rings. The number of aromatic nitrogens is 4. The molecule has 0 aliphatic rings. The van der Waals surface area contributed by atoms with Gasteiger partial charge in [0.05, 0.1) is 34.6 Å². The zero-order valence-electron chi connectivity index (χ0n) is 21.5. The Morgan fingerprint density at radius 3 is 2.65 bits per heavy atom. The van der Waals surface area contributed by atoms with Crippen molar-refractivity contribution in [1.82, 2.24) is 35.1 Å². The average molecular weight is 521 g/mol. The number of nitrogens with one attached hydrogen (secondary N) is 3. The number of rotatable bonds is 11. The Bertz CT molecular complexity index is 1360. The minimum atomic E-state index is -0.214. The lowest BCUT2D eigenvalue weighted by Gasteiger charge is -2.26. The van der Waals surface area contributed by atoms with Gasteiger partial charge < -0.3 is 16.0 Å². The van der Waals surface area contributed by atoms with Crippen molar-refractivity contribution in [2.24, 2.45) is 0 Å². The Balaban J connectivity index is 1.68. The fourth-order valence-electron chi connectivity index (χ4n) is 4.08. The van der Waals surface area contributed by atoms with Gasteiger partial charge in [-0.1, -0.05) is 19.9 Å². The van der Waals surface area contributed by atoms with E-state index in [2.05, 4.69) is 51.7 Å². The molecule has 194 valence electrons. The Morgan fingerprint density at radius 2 is 1.95 bits per heavy atom. The van der Waals surface area contributed by atoms with E-state index in [-0.39, 0.29) is 24.4 Å². The molecule has 3 N–H and O–H groups in total. The number of carbonyl (C=O) groups is 2. The normalized spacial score (nSPS) is 12.0. The zero-order chi connectivity index (χ0) is 26.4. The number of likely N-dealkylation sites (N-methyl/N-ethyl adjacent to an activating group) is 2. The highest BCUT2D eigenvalue weighted by atomic mass is 32.1. The lowest BCUT2D eigenvalue weighted by Crippen LogP contribution is -2.42. The van der Waals surface area contributed by atoms with Crippen molar-refractivity contribution in [3.8, 4) is 21.8 Å². The third-order valence-corrected chi connectivity index (χ3v) is 7.10. The average Bonchev–Trinajstić information content (AvgIpc) is 3.61. The predicted octanol–water partition coefficient (Wildman–Crippen LogP) is 3.14. The van der Waals surface area contributed by atoms with Gasteiger partial charge in [-0.2, -0.15) is 5.10 Å². The van der Waals surface area contributed by atoms with Crippen LogP contribution in [0.5, 0.6) is 0 Å². The van der Waals surface area contributed by atoms with Crippen molar-refractivity contribution in [2.45, 2.75) is 26.8 Å². The van der Waals surface area contributed by atoms with E-state index in [4.69, 9.17) is 4.98 Å². The fraction of sp³-hybridized carbons (Fsp3) is 0.346. The first-order valence-corrected chi connectivity index (χ1v) is 13.2. The summed E-state index contributed by atoms with van der Waals surface area (Å²) in [5.41, 5.74) is 3.12. The van der Waals surface area contributed by atoms with Gasteiger partial charge in [-0.15, -0.1) is 11.3 Å². The summed E-state index contributed by atoms with van der Waals surface area (Å²) in [6.45, 7) is 8.68. The Kier molecular flexibility index (Phi) is 8.47. The summed E-state index contributed by atoms with van der Waals surface area (Å²) in [6.07, 6.45) is 3.55. The number of pyridine rings is 1. The first-order valence-electron chi connectivity index (χ1n) is 12.3. The Morgan fingerprint density at radius 1 is 1.14 bits per heavy atom. The number of thiophene rings is 1. The number of hydrogen-bond acceptors (Lipinski definition) is 8. The molecule has 0 bridgehead atoms. The van der Waals surface area contributed by atoms with E-state index in [0.29, 0.717) is 34.8 Å². The van der Waals surface area contributed by atoms with E-state index in [1.54, 1.807) is 41.2 Å². The summed E-state index contributed by atoms with van der Waals surface area (Å²) in [6, 6.07) is 9.51. The van der Waals surface area contributed by atoms with Gasteiger partial charge in [-0.25, -0.2) is 14.5 Å². The molecule has 11 heteroatoms. The number of hydrogen-bond donors (Lipinski definition) is 3. The van der Waals surface area contributed by atoms with Crippen molar-refractivity contribution >= 4 is 34.6 Å². The van der Waals surface area contributed by atoms with Gasteiger partial charge >= 0.3 is 0 Å². The van der Waals surface area contributed by atoms with Crippen molar-refractivity contribution in [3.63, 3.8) is 0 Å². The molecule has 4 heterocycles. The lowest BCUT2D eigenvalue weighted by molar-refractivity contribution is -0.118. The smallest absolute Gasteiger partial charge is 0.251 e. The van der Waals surface area contributed by atoms with Gasteiger partial charge in [-0.3, -0.25) is 14.5 Å². The summed E-state index contributed by atoms with van der Waals surface area (Å²) < 4.78 is 1.68. The summed E-state index contributed by atoms with van der Waals surface area (Å²) in [7, 11) is 1.57. The minimum absolute atomic E-state index is 0.0303. The third-order valence-electron chi connectivity index (χ3n) is 6.21. The zero-order valence-corrected chi connectivity index (χ0v) is 22.3. The van der Waals surface area contributed by atoms with Crippen LogP contribution in [0.25, 0.3) is 27.5 Å². The standard InChI is InChI=1S/C26H32N8O2S/c1-5-33(6-2)17(3)14-29-26(36)18-12-21(31-23(13-18)28-16-24(35)27-4)19-15-30-34-10-9-20(32-25(19)34)22-8-7-11-37-22/h7-13,15,17H,5-6,14,16H2,1-4H3,(H,27,35)(H,28,31)(H,29,36). The molecule has 0 saturated carbocycles. The number of carbonyl (C=O) groups excluding carboxylic acids is 2. The molecule has 10 nitrogen and oxygen atoms in total. The number of nitrogens with zero attached hydrogens (tertiary/aromatic N) is 5. The molecule has 0 spiro atoms. The molecule has 0 aliphatic heterocycles. The highest BCUT2D eigenvalue weighted by Gasteiger charge is 2.18. The van der Waals surface area contributed by atoms with Crippen LogP contribution in [-0.4, -0.2) is 75.6 Å². The van der Waals surface area contributed by atoms with Crippen LogP contribution < -0.4 is 16.0 Å². The van der Waals surface area contributed by atoms with E-state index in [1.165, 1.54) is 0 Å². The van der Waals surface area contributed by atoms with Crippen LogP contribution in [-0.2, 0) is 4.79 Å². The SMILES string of the molecule is CCN(CC)C(C)CNC(=O)c1cc(NCC(=O)NC)nc(-c2cnn3ccc(-c4cccs4)nc23)c1. The van der Waals surface area contributed by atoms with Crippen molar-refractivity contribution < 1.29 is 9.59 Å². The van der Waals surface area contributed by atoms with Gasteiger partial charge in [0.25, 0.3) is 5.91 Å². The maximum Gasteiger partial charge on any atom is 0.251 e.